The first-order valence-electron chi connectivity index (χ1n) is 6.71. The molecule has 0 bridgehead atoms. The van der Waals surface area contributed by atoms with Crippen LogP contribution in [-0.4, -0.2) is 24.3 Å². The van der Waals surface area contributed by atoms with E-state index in [0.717, 1.165) is 17.1 Å². The Morgan fingerprint density at radius 3 is 2.45 bits per heavy atom. The van der Waals surface area contributed by atoms with Gasteiger partial charge in [-0.15, -0.1) is 0 Å². The topological polar surface area (TPSA) is 50.4 Å². The van der Waals surface area contributed by atoms with Crippen LogP contribution in [0.5, 0.6) is 0 Å². The second-order valence-corrected chi connectivity index (χ2v) is 6.24. The number of alkyl carbamates (subject to hydrolysis) is 1. The lowest BCUT2D eigenvalue weighted by molar-refractivity contribution is 0.0508. The van der Waals surface area contributed by atoms with Crippen LogP contribution in [0, 0.1) is 0 Å². The molecule has 0 spiro atoms. The second-order valence-electron chi connectivity index (χ2n) is 5.80. The highest BCUT2D eigenvalue weighted by Gasteiger charge is 2.17. The molecule has 0 aliphatic rings. The molecule has 1 aromatic carbocycles. The van der Waals surface area contributed by atoms with E-state index in [1.165, 1.54) is 0 Å². The number of nitrogens with one attached hydrogen (secondary N) is 2. The van der Waals surface area contributed by atoms with Crippen LogP contribution >= 0.6 is 11.6 Å². The molecule has 0 aliphatic heterocycles. The first-order valence-corrected chi connectivity index (χ1v) is 7.09. The van der Waals surface area contributed by atoms with E-state index >= 15 is 0 Å². The molecule has 2 N–H and O–H groups in total. The van der Waals surface area contributed by atoms with Crippen LogP contribution in [0.3, 0.4) is 0 Å². The number of halogens is 1. The minimum Gasteiger partial charge on any atom is -0.444 e. The van der Waals surface area contributed by atoms with Crippen molar-refractivity contribution in [2.45, 2.75) is 45.9 Å². The fraction of sp³-hybridized carbons (Fsp3) is 0.533. The lowest BCUT2D eigenvalue weighted by Crippen LogP contribution is -2.42. The first kappa shape index (κ1) is 16.8. The van der Waals surface area contributed by atoms with E-state index in [0.29, 0.717) is 6.54 Å². The summed E-state index contributed by atoms with van der Waals surface area (Å²) in [6, 6.07) is 7.67. The lowest BCUT2D eigenvalue weighted by Gasteiger charge is -2.22. The highest BCUT2D eigenvalue weighted by atomic mass is 35.5. The Labute approximate surface area is 125 Å². The standard InChI is InChI=1S/C15H23ClN2O2/c1-11(18-14(19)20-15(2,3)4)9-17-10-12-5-7-13(16)8-6-12/h5-8,11,17H,9-10H2,1-4H3,(H,18,19). The molecule has 0 heterocycles. The summed E-state index contributed by atoms with van der Waals surface area (Å²) in [5, 5.41) is 6.79. The molecule has 20 heavy (non-hydrogen) atoms. The summed E-state index contributed by atoms with van der Waals surface area (Å²) in [6.45, 7) is 8.86. The average molecular weight is 299 g/mol. The molecule has 0 saturated carbocycles. The molecule has 0 saturated heterocycles. The normalized spacial score (nSPS) is 12.8. The van der Waals surface area contributed by atoms with Crippen molar-refractivity contribution in [3.05, 3.63) is 34.9 Å². The van der Waals surface area contributed by atoms with Crippen molar-refractivity contribution >= 4 is 17.7 Å². The number of benzene rings is 1. The number of carbonyl (C=O) groups excluding carboxylic acids is 1. The summed E-state index contributed by atoms with van der Waals surface area (Å²) in [7, 11) is 0. The third kappa shape index (κ3) is 7.36. The Kier molecular flexibility index (Phi) is 6.30. The zero-order chi connectivity index (χ0) is 15.2. The molecule has 5 heteroatoms. The SMILES string of the molecule is CC(CNCc1ccc(Cl)cc1)NC(=O)OC(C)(C)C. The maximum atomic E-state index is 11.6. The summed E-state index contributed by atoms with van der Waals surface area (Å²) < 4.78 is 5.19. The molecule has 112 valence electrons. The van der Waals surface area contributed by atoms with E-state index in [1.807, 2.05) is 52.0 Å². The Hall–Kier alpha value is -1.26. The molecule has 1 aromatic rings. The maximum absolute atomic E-state index is 11.6. The van der Waals surface area contributed by atoms with Crippen LogP contribution in [0.4, 0.5) is 4.79 Å². The van der Waals surface area contributed by atoms with Gasteiger partial charge in [-0.05, 0) is 45.4 Å². The van der Waals surface area contributed by atoms with Crippen molar-refractivity contribution in [2.24, 2.45) is 0 Å². The van der Waals surface area contributed by atoms with E-state index in [9.17, 15) is 4.79 Å². The van der Waals surface area contributed by atoms with Gasteiger partial charge in [0, 0.05) is 24.2 Å². The fourth-order valence-electron chi connectivity index (χ4n) is 1.60. The number of rotatable bonds is 5. The molecular formula is C15H23ClN2O2. The van der Waals surface area contributed by atoms with Gasteiger partial charge in [0.2, 0.25) is 0 Å². The van der Waals surface area contributed by atoms with E-state index in [4.69, 9.17) is 16.3 Å². The van der Waals surface area contributed by atoms with Crippen molar-refractivity contribution in [3.8, 4) is 0 Å². The largest absolute Gasteiger partial charge is 0.444 e. The monoisotopic (exact) mass is 298 g/mol. The smallest absolute Gasteiger partial charge is 0.407 e. The molecule has 1 rings (SSSR count). The van der Waals surface area contributed by atoms with E-state index in [1.54, 1.807) is 0 Å². The average Bonchev–Trinajstić information content (AvgIpc) is 2.29. The third-order valence-electron chi connectivity index (χ3n) is 2.46. The van der Waals surface area contributed by atoms with Gasteiger partial charge in [-0.3, -0.25) is 0 Å². The van der Waals surface area contributed by atoms with Crippen LogP contribution < -0.4 is 10.6 Å². The van der Waals surface area contributed by atoms with E-state index < -0.39 is 11.7 Å². The zero-order valence-corrected chi connectivity index (χ0v) is 13.3. The highest BCUT2D eigenvalue weighted by Crippen LogP contribution is 2.09. The van der Waals surface area contributed by atoms with E-state index in [2.05, 4.69) is 10.6 Å². The Balaban J connectivity index is 2.24. The lowest BCUT2D eigenvalue weighted by atomic mass is 10.2. The van der Waals surface area contributed by atoms with Crippen molar-refractivity contribution < 1.29 is 9.53 Å². The molecule has 0 radical (unpaired) electrons. The van der Waals surface area contributed by atoms with Crippen LogP contribution in [0.25, 0.3) is 0 Å². The van der Waals surface area contributed by atoms with E-state index in [-0.39, 0.29) is 6.04 Å². The Morgan fingerprint density at radius 2 is 1.90 bits per heavy atom. The van der Waals surface area contributed by atoms with Gasteiger partial charge >= 0.3 is 6.09 Å². The minimum absolute atomic E-state index is 0.00264. The predicted octanol–water partition coefficient (Wildman–Crippen LogP) is 3.34. The highest BCUT2D eigenvalue weighted by molar-refractivity contribution is 6.30. The van der Waals surface area contributed by atoms with Crippen molar-refractivity contribution in [3.63, 3.8) is 0 Å². The molecule has 4 nitrogen and oxygen atoms in total. The Bertz CT molecular complexity index is 426. The summed E-state index contributed by atoms with van der Waals surface area (Å²) >= 11 is 5.82. The van der Waals surface area contributed by atoms with Gasteiger partial charge in [0.25, 0.3) is 0 Å². The third-order valence-corrected chi connectivity index (χ3v) is 2.71. The number of carbonyl (C=O) groups is 1. The molecule has 1 amide bonds. The molecule has 0 fully saturated rings. The van der Waals surface area contributed by atoms with Gasteiger partial charge in [0.15, 0.2) is 0 Å². The zero-order valence-electron chi connectivity index (χ0n) is 12.5. The van der Waals surface area contributed by atoms with Crippen molar-refractivity contribution in [1.82, 2.24) is 10.6 Å². The summed E-state index contributed by atoms with van der Waals surface area (Å²) in [5.74, 6) is 0. The van der Waals surface area contributed by atoms with Gasteiger partial charge < -0.3 is 15.4 Å². The van der Waals surface area contributed by atoms with Crippen molar-refractivity contribution in [1.29, 1.82) is 0 Å². The summed E-state index contributed by atoms with van der Waals surface area (Å²) in [5.41, 5.74) is 0.680. The van der Waals surface area contributed by atoms with Crippen molar-refractivity contribution in [2.75, 3.05) is 6.54 Å². The molecule has 0 aromatic heterocycles. The summed E-state index contributed by atoms with van der Waals surface area (Å²) in [4.78, 5) is 11.6. The maximum Gasteiger partial charge on any atom is 0.407 e. The number of amides is 1. The van der Waals surface area contributed by atoms with Gasteiger partial charge in [-0.25, -0.2) is 4.79 Å². The van der Waals surface area contributed by atoms with Gasteiger partial charge in [0.1, 0.15) is 5.60 Å². The first-order chi connectivity index (χ1) is 9.26. The summed E-state index contributed by atoms with van der Waals surface area (Å²) in [6.07, 6.45) is -0.390. The van der Waals surface area contributed by atoms with Gasteiger partial charge in [0.05, 0.1) is 0 Å². The molecule has 0 aliphatic carbocycles. The van der Waals surface area contributed by atoms with Crippen LogP contribution in [0.1, 0.15) is 33.3 Å². The second kappa shape index (κ2) is 7.50. The minimum atomic E-state index is -0.472. The van der Waals surface area contributed by atoms with Crippen LogP contribution in [0.2, 0.25) is 5.02 Å². The number of hydrogen-bond acceptors (Lipinski definition) is 3. The predicted molar refractivity (Wildman–Crippen MR) is 82.0 cm³/mol. The quantitative estimate of drug-likeness (QED) is 0.876. The fourth-order valence-corrected chi connectivity index (χ4v) is 1.72. The molecule has 1 atom stereocenters. The number of ether oxygens (including phenoxy) is 1. The molecule has 1 unspecified atom stereocenters. The number of hydrogen-bond donors (Lipinski definition) is 2. The molecular weight excluding hydrogens is 276 g/mol. The Morgan fingerprint density at radius 1 is 1.30 bits per heavy atom. The van der Waals surface area contributed by atoms with Gasteiger partial charge in [-0.2, -0.15) is 0 Å². The van der Waals surface area contributed by atoms with Crippen LogP contribution in [-0.2, 0) is 11.3 Å². The van der Waals surface area contributed by atoms with Gasteiger partial charge in [-0.1, -0.05) is 23.7 Å². The van der Waals surface area contributed by atoms with Crippen LogP contribution in [0.15, 0.2) is 24.3 Å².